The number of hydrogen-bond donors (Lipinski definition) is 2. The molecule has 21 heavy (non-hydrogen) atoms. The van der Waals surface area contributed by atoms with Gasteiger partial charge < -0.3 is 10.2 Å². The number of carboxylic acid groups (broad SMARTS) is 1. The molecule has 0 bridgehead atoms. The fraction of sp³-hybridized carbons (Fsp3) is 0.250. The second-order valence-corrected chi connectivity index (χ2v) is 5.21. The van der Waals surface area contributed by atoms with Crippen LogP contribution in [0.5, 0.6) is 5.75 Å². The SMILES string of the molecule is CCCCc1ccc(-c2cc(C(=O)O)c(O)cn2)cc1Cl. The standard InChI is InChI=1S/C16H16ClNO3/c1-2-3-4-10-5-6-11(7-13(10)17)14-8-12(16(20)21)15(19)9-18-14/h5-9,19H,2-4H2,1H3,(H,20,21). The first-order valence-corrected chi connectivity index (χ1v) is 7.11. The molecule has 0 aliphatic rings. The van der Waals surface area contributed by atoms with Crippen LogP contribution < -0.4 is 0 Å². The van der Waals surface area contributed by atoms with Gasteiger partial charge in [0.25, 0.3) is 0 Å². The van der Waals surface area contributed by atoms with E-state index in [1.165, 1.54) is 6.07 Å². The van der Waals surface area contributed by atoms with Crippen LogP contribution >= 0.6 is 11.6 Å². The van der Waals surface area contributed by atoms with Crippen LogP contribution in [-0.4, -0.2) is 21.2 Å². The maximum absolute atomic E-state index is 11.0. The van der Waals surface area contributed by atoms with Gasteiger partial charge >= 0.3 is 5.97 Å². The van der Waals surface area contributed by atoms with Crippen LogP contribution in [-0.2, 0) is 6.42 Å². The number of carbonyl (C=O) groups is 1. The van der Waals surface area contributed by atoms with Crippen LogP contribution in [0.1, 0.15) is 35.7 Å². The lowest BCUT2D eigenvalue weighted by atomic mass is 10.0. The Kier molecular flexibility index (Phi) is 4.81. The van der Waals surface area contributed by atoms with Crippen molar-refractivity contribution >= 4 is 17.6 Å². The number of aromatic carboxylic acids is 1. The first kappa shape index (κ1) is 15.3. The van der Waals surface area contributed by atoms with Crippen LogP contribution in [0.3, 0.4) is 0 Å². The van der Waals surface area contributed by atoms with Gasteiger partial charge in [-0.25, -0.2) is 4.79 Å². The summed E-state index contributed by atoms with van der Waals surface area (Å²) in [5.74, 6) is -1.54. The molecule has 0 saturated heterocycles. The van der Waals surface area contributed by atoms with Crippen molar-refractivity contribution in [2.45, 2.75) is 26.2 Å². The Balaban J connectivity index is 2.36. The maximum Gasteiger partial charge on any atom is 0.339 e. The predicted octanol–water partition coefficient (Wildman–Crippen LogP) is 4.15. The number of carboxylic acids is 1. The summed E-state index contributed by atoms with van der Waals surface area (Å²) >= 11 is 6.26. The molecule has 0 fully saturated rings. The smallest absolute Gasteiger partial charge is 0.339 e. The van der Waals surface area contributed by atoms with E-state index in [4.69, 9.17) is 16.7 Å². The molecule has 0 spiro atoms. The quantitative estimate of drug-likeness (QED) is 0.870. The van der Waals surface area contributed by atoms with E-state index in [0.717, 1.165) is 36.6 Å². The number of rotatable bonds is 5. The van der Waals surface area contributed by atoms with E-state index in [9.17, 15) is 9.90 Å². The monoisotopic (exact) mass is 305 g/mol. The molecule has 1 heterocycles. The number of unbranched alkanes of at least 4 members (excludes halogenated alkanes) is 1. The minimum atomic E-state index is -1.19. The topological polar surface area (TPSA) is 70.4 Å². The van der Waals surface area contributed by atoms with Crippen LogP contribution in [0.4, 0.5) is 0 Å². The van der Waals surface area contributed by atoms with Crippen LogP contribution in [0.15, 0.2) is 30.5 Å². The number of nitrogens with zero attached hydrogens (tertiary/aromatic N) is 1. The fourth-order valence-electron chi connectivity index (χ4n) is 2.05. The molecule has 2 aromatic rings. The Bertz CT molecular complexity index is 671. The van der Waals surface area contributed by atoms with E-state index >= 15 is 0 Å². The van der Waals surface area contributed by atoms with E-state index in [2.05, 4.69) is 11.9 Å². The Morgan fingerprint density at radius 3 is 2.71 bits per heavy atom. The third kappa shape index (κ3) is 3.52. The molecule has 5 heteroatoms. The molecule has 0 atom stereocenters. The number of hydrogen-bond acceptors (Lipinski definition) is 3. The molecule has 1 aromatic carbocycles. The van der Waals surface area contributed by atoms with Crippen LogP contribution in [0, 0.1) is 0 Å². The molecule has 0 unspecified atom stereocenters. The lowest BCUT2D eigenvalue weighted by Crippen LogP contribution is -1.98. The molecule has 2 N–H and O–H groups in total. The highest BCUT2D eigenvalue weighted by Crippen LogP contribution is 2.28. The fourth-order valence-corrected chi connectivity index (χ4v) is 2.33. The highest BCUT2D eigenvalue weighted by molar-refractivity contribution is 6.31. The van der Waals surface area contributed by atoms with Crippen molar-refractivity contribution in [1.29, 1.82) is 0 Å². The van der Waals surface area contributed by atoms with Crippen molar-refractivity contribution in [2.75, 3.05) is 0 Å². The normalized spacial score (nSPS) is 10.6. The Morgan fingerprint density at radius 2 is 2.10 bits per heavy atom. The van der Waals surface area contributed by atoms with Crippen LogP contribution in [0.2, 0.25) is 5.02 Å². The lowest BCUT2D eigenvalue weighted by Gasteiger charge is -2.08. The van der Waals surface area contributed by atoms with Crippen molar-refractivity contribution in [3.63, 3.8) is 0 Å². The van der Waals surface area contributed by atoms with E-state index in [1.54, 1.807) is 6.07 Å². The van der Waals surface area contributed by atoms with Crippen molar-refractivity contribution in [2.24, 2.45) is 0 Å². The lowest BCUT2D eigenvalue weighted by molar-refractivity contribution is 0.0693. The zero-order valence-corrected chi connectivity index (χ0v) is 12.4. The van der Waals surface area contributed by atoms with E-state index in [0.29, 0.717) is 10.7 Å². The molecule has 1 aromatic heterocycles. The molecule has 0 saturated carbocycles. The first-order chi connectivity index (χ1) is 10.0. The third-order valence-corrected chi connectivity index (χ3v) is 3.61. The van der Waals surface area contributed by atoms with E-state index in [1.807, 2.05) is 12.1 Å². The number of benzene rings is 1. The zero-order chi connectivity index (χ0) is 15.4. The molecule has 0 aliphatic heterocycles. The summed E-state index contributed by atoms with van der Waals surface area (Å²) in [7, 11) is 0. The van der Waals surface area contributed by atoms with Gasteiger partial charge in [-0.15, -0.1) is 0 Å². The number of halogens is 1. The summed E-state index contributed by atoms with van der Waals surface area (Å²) in [5, 5.41) is 19.1. The summed E-state index contributed by atoms with van der Waals surface area (Å²) in [4.78, 5) is 15.1. The molecule has 2 rings (SSSR count). The molecule has 0 aliphatic carbocycles. The second-order valence-electron chi connectivity index (χ2n) is 4.80. The summed E-state index contributed by atoms with van der Waals surface area (Å²) in [6.07, 6.45) is 4.22. The van der Waals surface area contributed by atoms with Gasteiger partial charge in [-0.05, 0) is 30.5 Å². The summed E-state index contributed by atoms with van der Waals surface area (Å²) in [5.41, 5.74) is 2.09. The average Bonchev–Trinajstić information content (AvgIpc) is 2.46. The molecule has 0 radical (unpaired) electrons. The van der Waals surface area contributed by atoms with Crippen molar-refractivity contribution in [3.05, 3.63) is 46.6 Å². The number of aryl methyl sites for hydroxylation is 1. The molecule has 110 valence electrons. The Hall–Kier alpha value is -2.07. The molecular formula is C16H16ClNO3. The second kappa shape index (κ2) is 6.59. The van der Waals surface area contributed by atoms with E-state index in [-0.39, 0.29) is 11.3 Å². The third-order valence-electron chi connectivity index (χ3n) is 3.26. The molecule has 0 amide bonds. The zero-order valence-electron chi connectivity index (χ0n) is 11.6. The Labute approximate surface area is 128 Å². The summed E-state index contributed by atoms with van der Waals surface area (Å²) < 4.78 is 0. The minimum Gasteiger partial charge on any atom is -0.505 e. The highest BCUT2D eigenvalue weighted by Gasteiger charge is 2.13. The number of aromatic nitrogens is 1. The van der Waals surface area contributed by atoms with Crippen molar-refractivity contribution in [3.8, 4) is 17.0 Å². The van der Waals surface area contributed by atoms with E-state index < -0.39 is 5.97 Å². The van der Waals surface area contributed by atoms with Gasteiger partial charge in [0.2, 0.25) is 0 Å². The summed E-state index contributed by atoms with van der Waals surface area (Å²) in [6, 6.07) is 6.91. The van der Waals surface area contributed by atoms with Gasteiger partial charge in [-0.1, -0.05) is 37.1 Å². The van der Waals surface area contributed by atoms with Gasteiger partial charge in [0.1, 0.15) is 11.3 Å². The van der Waals surface area contributed by atoms with Gasteiger partial charge in [0.05, 0.1) is 11.9 Å². The van der Waals surface area contributed by atoms with Gasteiger partial charge in [0.15, 0.2) is 0 Å². The average molecular weight is 306 g/mol. The minimum absolute atomic E-state index is 0.175. The first-order valence-electron chi connectivity index (χ1n) is 6.74. The Morgan fingerprint density at radius 1 is 1.33 bits per heavy atom. The van der Waals surface area contributed by atoms with Gasteiger partial charge in [0, 0.05) is 10.6 Å². The number of aromatic hydroxyl groups is 1. The molecule has 4 nitrogen and oxygen atoms in total. The maximum atomic E-state index is 11.0. The van der Waals surface area contributed by atoms with Gasteiger partial charge in [-0.2, -0.15) is 0 Å². The highest BCUT2D eigenvalue weighted by atomic mass is 35.5. The summed E-state index contributed by atoms with van der Waals surface area (Å²) in [6.45, 7) is 2.12. The van der Waals surface area contributed by atoms with Gasteiger partial charge in [-0.3, -0.25) is 4.98 Å². The number of pyridine rings is 1. The predicted molar refractivity (Wildman–Crippen MR) is 81.9 cm³/mol. The van der Waals surface area contributed by atoms with Crippen molar-refractivity contribution < 1.29 is 15.0 Å². The van der Waals surface area contributed by atoms with Crippen molar-refractivity contribution in [1.82, 2.24) is 4.98 Å². The van der Waals surface area contributed by atoms with Crippen LogP contribution in [0.25, 0.3) is 11.3 Å². The largest absolute Gasteiger partial charge is 0.505 e. The molecular weight excluding hydrogens is 290 g/mol.